The molecule has 1 N–H and O–H groups in total. The van der Waals surface area contributed by atoms with E-state index in [1.54, 1.807) is 0 Å². The van der Waals surface area contributed by atoms with E-state index in [9.17, 15) is 22.0 Å². The Hall–Kier alpha value is -2.02. The van der Waals surface area contributed by atoms with Gasteiger partial charge in [0, 0.05) is 18.0 Å². The summed E-state index contributed by atoms with van der Waals surface area (Å²) in [5.41, 5.74) is -1.19. The molecule has 0 aliphatic carbocycles. The second-order valence-corrected chi connectivity index (χ2v) is 3.68. The molecule has 0 amide bonds. The summed E-state index contributed by atoms with van der Waals surface area (Å²) >= 11 is 0. The van der Waals surface area contributed by atoms with Crippen LogP contribution in [0.15, 0.2) is 18.5 Å². The van der Waals surface area contributed by atoms with Gasteiger partial charge in [-0.25, -0.2) is 22.0 Å². The Morgan fingerprint density at radius 3 is 1.89 bits per heavy atom. The summed E-state index contributed by atoms with van der Waals surface area (Å²) in [6.07, 6.45) is 2.15. The van der Waals surface area contributed by atoms with Crippen molar-refractivity contribution >= 4 is 0 Å². The standard InChI is InChI=1S/C12H6F5NO/c13-8-7(6-1-5(4-19)2-18-3-6)9(14)11(16)12(17)10(8)15/h1-3,19H,4H2. The molecule has 0 aliphatic rings. The van der Waals surface area contributed by atoms with Crippen molar-refractivity contribution in [3.63, 3.8) is 0 Å². The van der Waals surface area contributed by atoms with E-state index in [-0.39, 0.29) is 11.1 Å². The molecule has 2 rings (SSSR count). The Bertz CT molecular complexity index is 615. The van der Waals surface area contributed by atoms with E-state index in [2.05, 4.69) is 4.98 Å². The minimum absolute atomic E-state index is 0.182. The number of pyridine rings is 1. The molecule has 0 saturated carbocycles. The first-order valence-corrected chi connectivity index (χ1v) is 5.04. The molecule has 7 heteroatoms. The second kappa shape index (κ2) is 4.93. The fourth-order valence-corrected chi connectivity index (χ4v) is 1.57. The Morgan fingerprint density at radius 2 is 1.37 bits per heavy atom. The topological polar surface area (TPSA) is 33.1 Å². The molecule has 19 heavy (non-hydrogen) atoms. The summed E-state index contributed by atoms with van der Waals surface area (Å²) < 4.78 is 66.0. The molecule has 0 unspecified atom stereocenters. The average molecular weight is 275 g/mol. The van der Waals surface area contributed by atoms with E-state index in [1.165, 1.54) is 6.20 Å². The largest absolute Gasteiger partial charge is 0.392 e. The SMILES string of the molecule is OCc1cncc(-c2c(F)c(F)c(F)c(F)c2F)c1. The number of aromatic nitrogens is 1. The Kier molecular flexibility index (Phi) is 3.48. The van der Waals surface area contributed by atoms with Gasteiger partial charge in [-0.2, -0.15) is 0 Å². The second-order valence-electron chi connectivity index (χ2n) is 3.68. The van der Waals surface area contributed by atoms with Crippen LogP contribution in [0, 0.1) is 29.1 Å². The van der Waals surface area contributed by atoms with Crippen molar-refractivity contribution in [3.8, 4) is 11.1 Å². The highest BCUT2D eigenvalue weighted by molar-refractivity contribution is 5.65. The summed E-state index contributed by atoms with van der Waals surface area (Å²) in [4.78, 5) is 3.56. The van der Waals surface area contributed by atoms with Crippen LogP contribution in [0.3, 0.4) is 0 Å². The number of benzene rings is 1. The highest BCUT2D eigenvalue weighted by Crippen LogP contribution is 2.31. The third-order valence-electron chi connectivity index (χ3n) is 2.48. The van der Waals surface area contributed by atoms with Crippen molar-refractivity contribution in [2.24, 2.45) is 0 Å². The van der Waals surface area contributed by atoms with E-state index < -0.39 is 41.3 Å². The predicted octanol–water partition coefficient (Wildman–Crippen LogP) is 2.94. The molecule has 1 aromatic heterocycles. The molecular weight excluding hydrogens is 269 g/mol. The fourth-order valence-electron chi connectivity index (χ4n) is 1.57. The van der Waals surface area contributed by atoms with E-state index in [1.807, 2.05) is 0 Å². The molecule has 0 aliphatic heterocycles. The summed E-state index contributed by atoms with van der Waals surface area (Å²) in [7, 11) is 0. The van der Waals surface area contributed by atoms with Gasteiger partial charge in [0.25, 0.3) is 0 Å². The number of rotatable bonds is 2. The number of hydrogen-bond donors (Lipinski definition) is 1. The third kappa shape index (κ3) is 2.17. The molecule has 0 fully saturated rings. The van der Waals surface area contributed by atoms with Crippen LogP contribution in [0.2, 0.25) is 0 Å². The van der Waals surface area contributed by atoms with Crippen molar-refractivity contribution in [2.75, 3.05) is 0 Å². The van der Waals surface area contributed by atoms with Gasteiger partial charge >= 0.3 is 0 Å². The lowest BCUT2D eigenvalue weighted by atomic mass is 10.0. The van der Waals surface area contributed by atoms with Gasteiger partial charge in [-0.05, 0) is 11.6 Å². The van der Waals surface area contributed by atoms with E-state index in [4.69, 9.17) is 5.11 Å². The number of aliphatic hydroxyl groups is 1. The van der Waals surface area contributed by atoms with Crippen LogP contribution in [0.1, 0.15) is 5.56 Å². The number of nitrogens with zero attached hydrogens (tertiary/aromatic N) is 1. The molecular formula is C12H6F5NO. The Labute approximate surface area is 104 Å². The van der Waals surface area contributed by atoms with Crippen LogP contribution >= 0.6 is 0 Å². The number of hydrogen-bond acceptors (Lipinski definition) is 2. The summed E-state index contributed by atoms with van der Waals surface area (Å²) in [6, 6.07) is 1.09. The molecule has 100 valence electrons. The maximum atomic E-state index is 13.5. The molecule has 0 saturated heterocycles. The smallest absolute Gasteiger partial charge is 0.200 e. The first kappa shape index (κ1) is 13.4. The fraction of sp³-hybridized carbons (Fsp3) is 0.0833. The summed E-state index contributed by atoms with van der Waals surface area (Å²) in [5, 5.41) is 8.87. The molecule has 0 atom stereocenters. The maximum Gasteiger partial charge on any atom is 0.200 e. The van der Waals surface area contributed by atoms with Crippen LogP contribution in [0.4, 0.5) is 22.0 Å². The van der Waals surface area contributed by atoms with Crippen LogP contribution in [-0.2, 0) is 6.61 Å². The Morgan fingerprint density at radius 1 is 0.842 bits per heavy atom. The lowest BCUT2D eigenvalue weighted by Crippen LogP contribution is -2.04. The monoisotopic (exact) mass is 275 g/mol. The molecule has 2 nitrogen and oxygen atoms in total. The van der Waals surface area contributed by atoms with Crippen molar-refractivity contribution in [1.29, 1.82) is 0 Å². The van der Waals surface area contributed by atoms with Crippen molar-refractivity contribution < 1.29 is 27.1 Å². The molecule has 2 aromatic rings. The van der Waals surface area contributed by atoms with Crippen LogP contribution < -0.4 is 0 Å². The average Bonchev–Trinajstić information content (AvgIpc) is 2.43. The summed E-state index contributed by atoms with van der Waals surface area (Å²) in [5.74, 6) is -10.1. The zero-order valence-electron chi connectivity index (χ0n) is 9.22. The first-order chi connectivity index (χ1) is 8.97. The summed E-state index contributed by atoms with van der Waals surface area (Å²) in [6.45, 7) is -0.476. The van der Waals surface area contributed by atoms with Crippen LogP contribution in [0.25, 0.3) is 11.1 Å². The van der Waals surface area contributed by atoms with Crippen molar-refractivity contribution in [2.45, 2.75) is 6.61 Å². The van der Waals surface area contributed by atoms with Gasteiger partial charge in [-0.3, -0.25) is 4.98 Å². The van der Waals surface area contributed by atoms with E-state index in [0.717, 1.165) is 12.3 Å². The van der Waals surface area contributed by atoms with Crippen LogP contribution in [0.5, 0.6) is 0 Å². The van der Waals surface area contributed by atoms with Gasteiger partial charge in [0.15, 0.2) is 23.3 Å². The highest BCUT2D eigenvalue weighted by Gasteiger charge is 2.26. The van der Waals surface area contributed by atoms with Gasteiger partial charge in [0.1, 0.15) is 0 Å². The van der Waals surface area contributed by atoms with Gasteiger partial charge in [-0.1, -0.05) is 0 Å². The predicted molar refractivity (Wildman–Crippen MR) is 55.4 cm³/mol. The lowest BCUT2D eigenvalue weighted by molar-refractivity contribution is 0.281. The van der Waals surface area contributed by atoms with E-state index in [0.29, 0.717) is 0 Å². The number of halogens is 5. The van der Waals surface area contributed by atoms with E-state index >= 15 is 0 Å². The number of aliphatic hydroxyl groups excluding tert-OH is 1. The van der Waals surface area contributed by atoms with Crippen LogP contribution in [-0.4, -0.2) is 10.1 Å². The highest BCUT2D eigenvalue weighted by atomic mass is 19.2. The molecule has 0 bridgehead atoms. The zero-order valence-corrected chi connectivity index (χ0v) is 9.22. The van der Waals surface area contributed by atoms with Gasteiger partial charge in [-0.15, -0.1) is 0 Å². The molecule has 0 radical (unpaired) electrons. The third-order valence-corrected chi connectivity index (χ3v) is 2.48. The molecule has 1 heterocycles. The van der Waals surface area contributed by atoms with Gasteiger partial charge in [0.2, 0.25) is 5.82 Å². The Balaban J connectivity index is 2.75. The minimum Gasteiger partial charge on any atom is -0.392 e. The normalized spacial score (nSPS) is 10.8. The molecule has 0 spiro atoms. The van der Waals surface area contributed by atoms with Crippen molar-refractivity contribution in [3.05, 3.63) is 53.1 Å². The quantitative estimate of drug-likeness (QED) is 0.519. The van der Waals surface area contributed by atoms with Gasteiger partial charge < -0.3 is 5.11 Å². The van der Waals surface area contributed by atoms with Crippen molar-refractivity contribution in [1.82, 2.24) is 4.98 Å². The zero-order chi connectivity index (χ0) is 14.2. The lowest BCUT2D eigenvalue weighted by Gasteiger charge is -2.08. The first-order valence-electron chi connectivity index (χ1n) is 5.04. The molecule has 1 aromatic carbocycles. The van der Waals surface area contributed by atoms with Gasteiger partial charge in [0.05, 0.1) is 12.2 Å². The maximum absolute atomic E-state index is 13.5. The minimum atomic E-state index is -2.22.